The molecule has 5 nitrogen and oxygen atoms in total. The van der Waals surface area contributed by atoms with Crippen LogP contribution in [0.4, 0.5) is 4.39 Å². The molecule has 0 fully saturated rings. The van der Waals surface area contributed by atoms with Gasteiger partial charge >= 0.3 is 0 Å². The number of phenols is 1. The molecule has 116 valence electrons. The summed E-state index contributed by atoms with van der Waals surface area (Å²) in [6, 6.07) is 10.7. The van der Waals surface area contributed by atoms with Crippen LogP contribution < -0.4 is 5.56 Å². The normalized spacial score (nSPS) is 11.8. The van der Waals surface area contributed by atoms with Crippen LogP contribution >= 0.6 is 11.8 Å². The van der Waals surface area contributed by atoms with Gasteiger partial charge in [-0.15, -0.1) is 0 Å². The van der Waals surface area contributed by atoms with Gasteiger partial charge in [-0.25, -0.2) is 13.9 Å². The van der Waals surface area contributed by atoms with Crippen molar-refractivity contribution in [2.75, 3.05) is 7.05 Å². The fourth-order valence-corrected chi connectivity index (χ4v) is 2.96. The van der Waals surface area contributed by atoms with E-state index in [2.05, 4.69) is 9.98 Å². The summed E-state index contributed by atoms with van der Waals surface area (Å²) in [6.45, 7) is 0. The lowest BCUT2D eigenvalue weighted by Gasteiger charge is -2.09. The van der Waals surface area contributed by atoms with E-state index in [9.17, 15) is 14.3 Å². The Hall–Kier alpha value is -2.67. The lowest BCUT2D eigenvalue weighted by molar-refractivity contribution is 0.480. The highest BCUT2D eigenvalue weighted by atomic mass is 32.2. The van der Waals surface area contributed by atoms with Crippen LogP contribution in [-0.2, 0) is 0 Å². The molecule has 1 heterocycles. The zero-order valence-electron chi connectivity index (χ0n) is 12.1. The number of hydrogen-bond acceptors (Lipinski definition) is 5. The number of hydrogen-bond donors (Lipinski definition) is 1. The molecule has 23 heavy (non-hydrogen) atoms. The number of fused-ring (bicyclic) bond motifs is 1. The van der Waals surface area contributed by atoms with Crippen LogP contribution in [0.25, 0.3) is 10.9 Å². The molecule has 0 aliphatic carbocycles. The van der Waals surface area contributed by atoms with Crippen LogP contribution in [-0.4, -0.2) is 26.9 Å². The highest BCUT2D eigenvalue weighted by Gasteiger charge is 2.12. The lowest BCUT2D eigenvalue weighted by Crippen LogP contribution is -2.25. The summed E-state index contributed by atoms with van der Waals surface area (Å²) in [5.74, 6) is -0.418. The quantitative estimate of drug-likeness (QED) is 0.423. The zero-order valence-corrected chi connectivity index (χ0v) is 12.9. The van der Waals surface area contributed by atoms with Crippen molar-refractivity contribution < 1.29 is 9.50 Å². The summed E-state index contributed by atoms with van der Waals surface area (Å²) in [5.41, 5.74) is -0.115. The molecule has 1 N–H and O–H groups in total. The van der Waals surface area contributed by atoms with Gasteiger partial charge in [-0.2, -0.15) is 0 Å². The molecule has 0 aliphatic rings. The Morgan fingerprint density at radius 3 is 2.83 bits per heavy atom. The number of nitrogens with zero attached hydrogens (tertiary/aromatic N) is 3. The number of para-hydroxylation sites is 1. The minimum atomic E-state index is -0.362. The first-order chi connectivity index (χ1) is 11.1. The first-order valence-corrected chi connectivity index (χ1v) is 7.51. The topological polar surface area (TPSA) is 67.5 Å². The smallest absolute Gasteiger partial charge is 0.267 e. The van der Waals surface area contributed by atoms with Gasteiger partial charge < -0.3 is 5.11 Å². The van der Waals surface area contributed by atoms with Crippen LogP contribution in [0.5, 0.6) is 5.75 Å². The van der Waals surface area contributed by atoms with Gasteiger partial charge in [0.2, 0.25) is 0 Å². The first-order valence-electron chi connectivity index (χ1n) is 6.70. The third kappa shape index (κ3) is 2.95. The average Bonchev–Trinajstić information content (AvgIpc) is 2.54. The molecule has 3 aromatic rings. The molecule has 0 unspecified atom stereocenters. The molecular formula is C16H12FN3O2S. The van der Waals surface area contributed by atoms with Crippen molar-refractivity contribution in [3.05, 3.63) is 65.0 Å². The number of phenolic OH excluding ortho intramolecular Hbond substituents is 1. The van der Waals surface area contributed by atoms with Crippen LogP contribution in [0.1, 0.15) is 0 Å². The fraction of sp³-hybridized carbons (Fsp3) is 0.0625. The Balaban J connectivity index is 2.07. The maximum absolute atomic E-state index is 13.3. The Kier molecular flexibility index (Phi) is 4.12. The molecule has 3 rings (SSSR count). The van der Waals surface area contributed by atoms with Crippen molar-refractivity contribution in [1.82, 2.24) is 9.55 Å². The number of aromatic nitrogens is 2. The Bertz CT molecular complexity index is 969. The molecule has 0 bridgehead atoms. The fourth-order valence-electron chi connectivity index (χ4n) is 2.11. The van der Waals surface area contributed by atoms with Crippen molar-refractivity contribution >= 4 is 27.8 Å². The van der Waals surface area contributed by atoms with Gasteiger partial charge in [0.15, 0.2) is 5.17 Å². The number of aliphatic imine (C=N–C) groups is 1. The molecule has 0 saturated carbocycles. The first kappa shape index (κ1) is 15.2. The molecule has 0 amide bonds. The highest BCUT2D eigenvalue weighted by Crippen LogP contribution is 2.22. The highest BCUT2D eigenvalue weighted by molar-refractivity contribution is 8.13. The maximum Gasteiger partial charge on any atom is 0.267 e. The van der Waals surface area contributed by atoms with Gasteiger partial charge in [0, 0.05) is 11.9 Å². The molecule has 2 aromatic carbocycles. The van der Waals surface area contributed by atoms with E-state index in [1.165, 1.54) is 29.1 Å². The van der Waals surface area contributed by atoms with E-state index in [0.717, 1.165) is 11.8 Å². The predicted molar refractivity (Wildman–Crippen MR) is 88.7 cm³/mol. The molecule has 0 saturated heterocycles. The lowest BCUT2D eigenvalue weighted by atomic mass is 10.2. The van der Waals surface area contributed by atoms with Crippen molar-refractivity contribution in [3.8, 4) is 5.75 Å². The summed E-state index contributed by atoms with van der Waals surface area (Å²) in [5, 5.41) is 10.4. The molecular weight excluding hydrogens is 317 g/mol. The van der Waals surface area contributed by atoms with Gasteiger partial charge in [0.05, 0.1) is 5.39 Å². The summed E-state index contributed by atoms with van der Waals surface area (Å²) in [7, 11) is 1.54. The number of aromatic hydroxyl groups is 1. The van der Waals surface area contributed by atoms with Gasteiger partial charge in [-0.3, -0.25) is 9.79 Å². The minimum Gasteiger partial charge on any atom is -0.506 e. The summed E-state index contributed by atoms with van der Waals surface area (Å²) >= 11 is 1.15. The van der Waals surface area contributed by atoms with Crippen molar-refractivity contribution in [3.63, 3.8) is 0 Å². The zero-order chi connectivity index (χ0) is 16.4. The van der Waals surface area contributed by atoms with E-state index in [0.29, 0.717) is 10.1 Å². The predicted octanol–water partition coefficient (Wildman–Crippen LogP) is 2.87. The summed E-state index contributed by atoms with van der Waals surface area (Å²) < 4.78 is 14.6. The SMILES string of the molecule is CN=C(Sc1cccc(F)c1)n1cnc2c(O)cccc2c1=O. The Morgan fingerprint density at radius 2 is 2.09 bits per heavy atom. The second-order valence-electron chi connectivity index (χ2n) is 4.66. The van der Waals surface area contributed by atoms with Crippen molar-refractivity contribution in [2.45, 2.75) is 4.90 Å². The molecule has 1 aromatic heterocycles. The van der Waals surface area contributed by atoms with Crippen molar-refractivity contribution in [1.29, 1.82) is 0 Å². The van der Waals surface area contributed by atoms with Gasteiger partial charge in [-0.05, 0) is 30.3 Å². The second kappa shape index (κ2) is 6.21. The van der Waals surface area contributed by atoms with Gasteiger partial charge in [0.25, 0.3) is 5.56 Å². The molecule has 0 aliphatic heterocycles. The van der Waals surface area contributed by atoms with Crippen LogP contribution in [0.3, 0.4) is 0 Å². The number of benzene rings is 2. The molecule has 0 radical (unpaired) electrons. The standard InChI is InChI=1S/C16H12FN3O2S/c1-18-16(23-11-5-2-4-10(17)8-11)20-9-19-14-12(15(20)22)6-3-7-13(14)21/h2-9,21H,1H3. The largest absolute Gasteiger partial charge is 0.506 e. The number of halogens is 1. The Labute approximate surface area is 135 Å². The number of rotatable bonds is 1. The molecule has 0 atom stereocenters. The van der Waals surface area contributed by atoms with E-state index >= 15 is 0 Å². The second-order valence-corrected chi connectivity index (χ2v) is 5.70. The number of thioether (sulfide) groups is 1. The maximum atomic E-state index is 13.3. The van der Waals surface area contributed by atoms with Crippen LogP contribution in [0, 0.1) is 5.82 Å². The third-order valence-corrected chi connectivity index (χ3v) is 4.22. The third-order valence-electron chi connectivity index (χ3n) is 3.17. The van der Waals surface area contributed by atoms with E-state index < -0.39 is 0 Å². The van der Waals surface area contributed by atoms with Gasteiger partial charge in [0.1, 0.15) is 23.4 Å². The molecule has 7 heteroatoms. The van der Waals surface area contributed by atoms with E-state index in [4.69, 9.17) is 0 Å². The van der Waals surface area contributed by atoms with E-state index in [-0.39, 0.29) is 28.0 Å². The molecule has 0 spiro atoms. The van der Waals surface area contributed by atoms with Crippen molar-refractivity contribution in [2.24, 2.45) is 4.99 Å². The monoisotopic (exact) mass is 329 g/mol. The Morgan fingerprint density at radius 1 is 1.30 bits per heavy atom. The minimum absolute atomic E-state index is 0.0560. The van der Waals surface area contributed by atoms with E-state index in [1.54, 1.807) is 31.3 Å². The average molecular weight is 329 g/mol. The van der Waals surface area contributed by atoms with Crippen LogP contribution in [0.15, 0.2) is 63.5 Å². The summed E-state index contributed by atoms with van der Waals surface area (Å²) in [6.07, 6.45) is 1.30. The van der Waals surface area contributed by atoms with Gasteiger partial charge in [-0.1, -0.05) is 23.9 Å². The summed E-state index contributed by atoms with van der Waals surface area (Å²) in [4.78, 5) is 21.4. The van der Waals surface area contributed by atoms with Crippen LogP contribution in [0.2, 0.25) is 0 Å². The van der Waals surface area contributed by atoms with E-state index in [1.807, 2.05) is 0 Å².